The van der Waals surface area contributed by atoms with Gasteiger partial charge in [0, 0.05) is 26.3 Å². The summed E-state index contributed by atoms with van der Waals surface area (Å²) in [4.78, 5) is 0. The third kappa shape index (κ3) is 3.36. The second kappa shape index (κ2) is 6.24. The molecular formula is C12H23NO2S. The van der Waals surface area contributed by atoms with Gasteiger partial charge in [-0.15, -0.1) is 0 Å². The summed E-state index contributed by atoms with van der Waals surface area (Å²) in [6.45, 7) is 2.70. The molecule has 0 amide bonds. The average Bonchev–Trinajstić information content (AvgIpc) is 2.31. The number of rotatable bonds is 4. The molecule has 0 aromatic carbocycles. The highest BCUT2D eigenvalue weighted by atomic mass is 32.2. The van der Waals surface area contributed by atoms with Crippen molar-refractivity contribution < 1.29 is 9.47 Å². The monoisotopic (exact) mass is 245 g/mol. The Hall–Kier alpha value is 0.230. The minimum absolute atomic E-state index is 0.203. The fraction of sp³-hybridized carbons (Fsp3) is 1.00. The van der Waals surface area contributed by atoms with Crippen molar-refractivity contribution in [3.05, 3.63) is 0 Å². The van der Waals surface area contributed by atoms with Crippen molar-refractivity contribution in [3.63, 3.8) is 0 Å². The molecule has 1 unspecified atom stereocenters. The van der Waals surface area contributed by atoms with E-state index in [0.29, 0.717) is 6.04 Å². The van der Waals surface area contributed by atoms with Crippen LogP contribution in [0.3, 0.4) is 0 Å². The van der Waals surface area contributed by atoms with Crippen molar-refractivity contribution >= 4 is 11.8 Å². The minimum Gasteiger partial charge on any atom is -0.383 e. The van der Waals surface area contributed by atoms with Crippen molar-refractivity contribution in [3.8, 4) is 0 Å². The summed E-state index contributed by atoms with van der Waals surface area (Å²) < 4.78 is 11.1. The van der Waals surface area contributed by atoms with E-state index in [1.165, 1.54) is 30.8 Å². The fourth-order valence-corrected chi connectivity index (χ4v) is 3.90. The van der Waals surface area contributed by atoms with Crippen LogP contribution in [0.4, 0.5) is 0 Å². The summed E-state index contributed by atoms with van der Waals surface area (Å²) in [6, 6.07) is 0.631. The number of hydrogen-bond donors (Lipinski definition) is 1. The first-order chi connectivity index (χ1) is 7.85. The Labute approximate surface area is 103 Å². The van der Waals surface area contributed by atoms with Gasteiger partial charge in [-0.3, -0.25) is 0 Å². The molecular weight excluding hydrogens is 222 g/mol. The molecule has 0 aromatic rings. The van der Waals surface area contributed by atoms with Gasteiger partial charge in [-0.05, 0) is 37.2 Å². The Balaban J connectivity index is 1.78. The van der Waals surface area contributed by atoms with Crippen LogP contribution in [0.2, 0.25) is 0 Å². The fourth-order valence-electron chi connectivity index (χ4n) is 2.66. The van der Waals surface area contributed by atoms with Crippen molar-refractivity contribution in [2.75, 3.05) is 38.4 Å². The van der Waals surface area contributed by atoms with Crippen LogP contribution in [0.1, 0.15) is 25.7 Å². The van der Waals surface area contributed by atoms with Crippen LogP contribution in [0.25, 0.3) is 0 Å². The van der Waals surface area contributed by atoms with E-state index in [-0.39, 0.29) is 5.60 Å². The Morgan fingerprint density at radius 3 is 3.00 bits per heavy atom. The summed E-state index contributed by atoms with van der Waals surface area (Å²) in [7, 11) is 1.76. The molecule has 0 aliphatic carbocycles. The third-order valence-electron chi connectivity index (χ3n) is 3.64. The molecule has 1 spiro atoms. The molecule has 2 heterocycles. The molecule has 2 aliphatic rings. The zero-order valence-corrected chi connectivity index (χ0v) is 11.0. The molecule has 2 aliphatic heterocycles. The van der Waals surface area contributed by atoms with Crippen molar-refractivity contribution in [1.82, 2.24) is 5.32 Å². The van der Waals surface area contributed by atoms with E-state index in [9.17, 15) is 0 Å². The van der Waals surface area contributed by atoms with Crippen molar-refractivity contribution in [2.45, 2.75) is 37.3 Å². The van der Waals surface area contributed by atoms with Crippen LogP contribution < -0.4 is 5.32 Å². The first-order valence-corrected chi connectivity index (χ1v) is 7.44. The van der Waals surface area contributed by atoms with Gasteiger partial charge in [0.25, 0.3) is 0 Å². The second-order valence-corrected chi connectivity index (χ2v) is 6.01. The van der Waals surface area contributed by atoms with E-state index < -0.39 is 0 Å². The Kier molecular flexibility index (Phi) is 4.95. The smallest absolute Gasteiger partial charge is 0.0713 e. The highest BCUT2D eigenvalue weighted by Gasteiger charge is 2.38. The third-order valence-corrected chi connectivity index (χ3v) is 4.62. The highest BCUT2D eigenvalue weighted by Crippen LogP contribution is 2.37. The van der Waals surface area contributed by atoms with Crippen molar-refractivity contribution in [1.29, 1.82) is 0 Å². The lowest BCUT2D eigenvalue weighted by Gasteiger charge is -2.43. The molecule has 94 valence electrons. The Bertz CT molecular complexity index is 202. The summed E-state index contributed by atoms with van der Waals surface area (Å²) in [6.07, 6.45) is 4.82. The molecule has 2 fully saturated rings. The number of nitrogens with one attached hydrogen (secondary N) is 1. The molecule has 1 N–H and O–H groups in total. The first-order valence-electron chi connectivity index (χ1n) is 6.29. The van der Waals surface area contributed by atoms with Crippen LogP contribution in [-0.2, 0) is 9.47 Å². The number of thioether (sulfide) groups is 1. The van der Waals surface area contributed by atoms with Crippen molar-refractivity contribution in [2.24, 2.45) is 0 Å². The van der Waals surface area contributed by atoms with Gasteiger partial charge in [-0.25, -0.2) is 0 Å². The molecule has 0 bridgehead atoms. The maximum Gasteiger partial charge on any atom is 0.0713 e. The molecule has 4 heteroatoms. The summed E-state index contributed by atoms with van der Waals surface area (Å²) in [5, 5.41) is 3.58. The summed E-state index contributed by atoms with van der Waals surface area (Å²) in [5.74, 6) is 2.54. The van der Waals surface area contributed by atoms with E-state index in [1.54, 1.807) is 7.11 Å². The summed E-state index contributed by atoms with van der Waals surface area (Å²) in [5.41, 5.74) is 0.203. The minimum atomic E-state index is 0.203. The topological polar surface area (TPSA) is 30.5 Å². The van der Waals surface area contributed by atoms with Gasteiger partial charge in [0.15, 0.2) is 0 Å². The molecule has 16 heavy (non-hydrogen) atoms. The van der Waals surface area contributed by atoms with Crippen LogP contribution in [0, 0.1) is 0 Å². The van der Waals surface area contributed by atoms with Crippen LogP contribution in [-0.4, -0.2) is 50.0 Å². The van der Waals surface area contributed by atoms with E-state index in [1.807, 2.05) is 0 Å². The zero-order chi connectivity index (χ0) is 11.3. The predicted octanol–water partition coefficient (Wildman–Crippen LogP) is 1.67. The standard InChI is InChI=1S/C12H23NO2S/c1-14-7-5-13-11-2-6-15-12(10-11)3-8-16-9-4-12/h11,13H,2-10H2,1H3. The van der Waals surface area contributed by atoms with E-state index in [4.69, 9.17) is 9.47 Å². The average molecular weight is 245 g/mol. The Morgan fingerprint density at radius 2 is 2.25 bits per heavy atom. The van der Waals surface area contributed by atoms with Crippen LogP contribution >= 0.6 is 11.8 Å². The van der Waals surface area contributed by atoms with Crippen LogP contribution in [0.5, 0.6) is 0 Å². The lowest BCUT2D eigenvalue weighted by atomic mass is 9.85. The quantitative estimate of drug-likeness (QED) is 0.763. The molecule has 2 rings (SSSR count). The Morgan fingerprint density at radius 1 is 1.44 bits per heavy atom. The van der Waals surface area contributed by atoms with Gasteiger partial charge in [0.1, 0.15) is 0 Å². The number of hydrogen-bond acceptors (Lipinski definition) is 4. The number of methoxy groups -OCH3 is 1. The zero-order valence-electron chi connectivity index (χ0n) is 10.2. The molecule has 2 saturated heterocycles. The molecule has 0 radical (unpaired) electrons. The molecule has 3 nitrogen and oxygen atoms in total. The summed E-state index contributed by atoms with van der Waals surface area (Å²) >= 11 is 2.06. The van der Waals surface area contributed by atoms with Gasteiger partial charge in [0.2, 0.25) is 0 Å². The van der Waals surface area contributed by atoms with Gasteiger partial charge in [0.05, 0.1) is 12.2 Å². The van der Waals surface area contributed by atoms with E-state index in [2.05, 4.69) is 17.1 Å². The predicted molar refractivity (Wildman–Crippen MR) is 68.1 cm³/mol. The highest BCUT2D eigenvalue weighted by molar-refractivity contribution is 7.99. The lowest BCUT2D eigenvalue weighted by Crippen LogP contribution is -2.49. The SMILES string of the molecule is COCCNC1CCOC2(CCSCC2)C1. The van der Waals surface area contributed by atoms with E-state index >= 15 is 0 Å². The van der Waals surface area contributed by atoms with Gasteiger partial charge in [-0.1, -0.05) is 0 Å². The van der Waals surface area contributed by atoms with Gasteiger partial charge >= 0.3 is 0 Å². The molecule has 0 saturated carbocycles. The largest absolute Gasteiger partial charge is 0.383 e. The maximum atomic E-state index is 6.06. The van der Waals surface area contributed by atoms with Gasteiger partial charge in [-0.2, -0.15) is 11.8 Å². The second-order valence-electron chi connectivity index (χ2n) is 4.78. The normalized spacial score (nSPS) is 29.4. The first kappa shape index (κ1) is 12.7. The lowest BCUT2D eigenvalue weighted by molar-refractivity contribution is -0.0934. The number of ether oxygens (including phenoxy) is 2. The van der Waals surface area contributed by atoms with E-state index in [0.717, 1.165) is 26.2 Å². The van der Waals surface area contributed by atoms with Gasteiger partial charge < -0.3 is 14.8 Å². The molecule has 1 atom stereocenters. The maximum absolute atomic E-state index is 6.06. The molecule has 0 aromatic heterocycles. The van der Waals surface area contributed by atoms with Crippen LogP contribution in [0.15, 0.2) is 0 Å².